The van der Waals surface area contributed by atoms with Crippen molar-refractivity contribution in [1.82, 2.24) is 14.5 Å². The predicted octanol–water partition coefficient (Wildman–Crippen LogP) is 0.770. The van der Waals surface area contributed by atoms with Gasteiger partial charge in [-0.25, -0.2) is 13.1 Å². The zero-order valence-electron chi connectivity index (χ0n) is 10.2. The van der Waals surface area contributed by atoms with Crippen LogP contribution in [-0.2, 0) is 23.6 Å². The summed E-state index contributed by atoms with van der Waals surface area (Å²) in [7, 11) is -1.86. The molecule has 1 N–H and O–H groups in total. The van der Waals surface area contributed by atoms with Crippen LogP contribution in [0.1, 0.15) is 11.1 Å². The molecule has 0 bridgehead atoms. The second-order valence-electron chi connectivity index (χ2n) is 3.99. The highest BCUT2D eigenvalue weighted by atomic mass is 32.2. The van der Waals surface area contributed by atoms with E-state index in [9.17, 15) is 8.42 Å². The summed E-state index contributed by atoms with van der Waals surface area (Å²) < 4.78 is 28.1. The van der Waals surface area contributed by atoms with Crippen LogP contribution in [0.5, 0.6) is 0 Å². The zero-order valence-corrected chi connectivity index (χ0v) is 11.1. The average molecular weight is 276 g/mol. The predicted molar refractivity (Wildman–Crippen MR) is 68.4 cm³/mol. The smallest absolute Gasteiger partial charge is 0.240 e. The Labute approximate surface area is 111 Å². The van der Waals surface area contributed by atoms with Crippen LogP contribution in [0.2, 0.25) is 0 Å². The van der Waals surface area contributed by atoms with Gasteiger partial charge in [0.05, 0.1) is 22.7 Å². The SMILES string of the molecule is Cn1cc(CNS(=O)(=O)c2cccc(C#N)c2)cn1. The highest BCUT2D eigenvalue weighted by molar-refractivity contribution is 7.89. The summed E-state index contributed by atoms with van der Waals surface area (Å²) >= 11 is 0. The van der Waals surface area contributed by atoms with E-state index in [2.05, 4.69) is 9.82 Å². The Morgan fingerprint density at radius 1 is 1.47 bits per heavy atom. The molecule has 0 amide bonds. The quantitative estimate of drug-likeness (QED) is 0.893. The molecule has 0 saturated heterocycles. The Morgan fingerprint density at radius 2 is 2.26 bits per heavy atom. The first-order valence-electron chi connectivity index (χ1n) is 5.48. The molecule has 0 aliphatic heterocycles. The van der Waals surface area contributed by atoms with E-state index in [-0.39, 0.29) is 11.4 Å². The molecule has 2 rings (SSSR count). The molecule has 19 heavy (non-hydrogen) atoms. The van der Waals surface area contributed by atoms with E-state index in [1.165, 1.54) is 18.2 Å². The minimum absolute atomic E-state index is 0.0791. The van der Waals surface area contributed by atoms with Crippen molar-refractivity contribution in [3.8, 4) is 6.07 Å². The molecule has 0 saturated carbocycles. The maximum Gasteiger partial charge on any atom is 0.240 e. The molecule has 0 radical (unpaired) electrons. The molecule has 98 valence electrons. The van der Waals surface area contributed by atoms with Gasteiger partial charge in [0.15, 0.2) is 0 Å². The fourth-order valence-electron chi connectivity index (χ4n) is 1.56. The monoisotopic (exact) mass is 276 g/mol. The summed E-state index contributed by atoms with van der Waals surface area (Å²) in [5.41, 5.74) is 1.08. The van der Waals surface area contributed by atoms with Crippen LogP contribution in [0, 0.1) is 11.3 Å². The van der Waals surface area contributed by atoms with Crippen molar-refractivity contribution < 1.29 is 8.42 Å². The topological polar surface area (TPSA) is 87.8 Å². The van der Waals surface area contributed by atoms with Gasteiger partial charge in [-0.3, -0.25) is 4.68 Å². The summed E-state index contributed by atoms with van der Waals surface area (Å²) in [6.45, 7) is 0.160. The van der Waals surface area contributed by atoms with Gasteiger partial charge in [-0.1, -0.05) is 6.07 Å². The van der Waals surface area contributed by atoms with Crippen LogP contribution < -0.4 is 4.72 Å². The summed E-state index contributed by atoms with van der Waals surface area (Å²) in [5, 5.41) is 12.7. The van der Waals surface area contributed by atoms with Crippen molar-refractivity contribution in [2.45, 2.75) is 11.4 Å². The van der Waals surface area contributed by atoms with Gasteiger partial charge in [0, 0.05) is 25.4 Å². The lowest BCUT2D eigenvalue weighted by atomic mass is 10.2. The highest BCUT2D eigenvalue weighted by Crippen LogP contribution is 2.11. The molecular formula is C12H12N4O2S. The average Bonchev–Trinajstić information content (AvgIpc) is 2.82. The number of nitriles is 1. The van der Waals surface area contributed by atoms with E-state index < -0.39 is 10.0 Å². The fourth-order valence-corrected chi connectivity index (χ4v) is 2.62. The van der Waals surface area contributed by atoms with Crippen LogP contribution >= 0.6 is 0 Å². The lowest BCUT2D eigenvalue weighted by molar-refractivity contribution is 0.581. The Kier molecular flexibility index (Phi) is 3.64. The zero-order chi connectivity index (χ0) is 13.9. The van der Waals surface area contributed by atoms with Crippen molar-refractivity contribution in [2.24, 2.45) is 7.05 Å². The van der Waals surface area contributed by atoms with E-state index in [1.807, 2.05) is 6.07 Å². The van der Waals surface area contributed by atoms with Gasteiger partial charge in [0.2, 0.25) is 10.0 Å². The lowest BCUT2D eigenvalue weighted by Crippen LogP contribution is -2.23. The second-order valence-corrected chi connectivity index (χ2v) is 5.75. The molecule has 6 nitrogen and oxygen atoms in total. The molecule has 1 aromatic heterocycles. The number of nitrogens with one attached hydrogen (secondary N) is 1. The van der Waals surface area contributed by atoms with E-state index >= 15 is 0 Å². The van der Waals surface area contributed by atoms with Gasteiger partial charge in [-0.2, -0.15) is 10.4 Å². The molecule has 1 aromatic carbocycles. The molecule has 0 unspecified atom stereocenters. The Balaban J connectivity index is 2.16. The van der Waals surface area contributed by atoms with E-state index in [0.717, 1.165) is 5.56 Å². The number of aromatic nitrogens is 2. The first-order valence-corrected chi connectivity index (χ1v) is 6.97. The van der Waals surface area contributed by atoms with Crippen molar-refractivity contribution in [1.29, 1.82) is 5.26 Å². The highest BCUT2D eigenvalue weighted by Gasteiger charge is 2.14. The van der Waals surface area contributed by atoms with E-state index in [4.69, 9.17) is 5.26 Å². The lowest BCUT2D eigenvalue weighted by Gasteiger charge is -2.05. The largest absolute Gasteiger partial charge is 0.275 e. The third-order valence-electron chi connectivity index (χ3n) is 2.50. The molecule has 0 aliphatic carbocycles. The Hall–Kier alpha value is -2.17. The van der Waals surface area contributed by atoms with Crippen molar-refractivity contribution in [2.75, 3.05) is 0 Å². The number of hydrogen-bond donors (Lipinski definition) is 1. The third-order valence-corrected chi connectivity index (χ3v) is 3.90. The summed E-state index contributed by atoms with van der Waals surface area (Å²) in [4.78, 5) is 0.0791. The number of aryl methyl sites for hydroxylation is 1. The van der Waals surface area contributed by atoms with Crippen molar-refractivity contribution in [3.05, 3.63) is 47.8 Å². The van der Waals surface area contributed by atoms with Gasteiger partial charge in [0.25, 0.3) is 0 Å². The van der Waals surface area contributed by atoms with Crippen molar-refractivity contribution in [3.63, 3.8) is 0 Å². The molecule has 0 fully saturated rings. The fraction of sp³-hybridized carbons (Fsp3) is 0.167. The number of hydrogen-bond acceptors (Lipinski definition) is 4. The Bertz CT molecular complexity index is 728. The van der Waals surface area contributed by atoms with E-state index in [1.54, 1.807) is 30.2 Å². The number of sulfonamides is 1. The molecule has 7 heteroatoms. The van der Waals surface area contributed by atoms with Crippen LogP contribution in [0.25, 0.3) is 0 Å². The van der Waals surface area contributed by atoms with Gasteiger partial charge in [0.1, 0.15) is 0 Å². The maximum absolute atomic E-state index is 12.0. The number of benzene rings is 1. The number of nitrogens with zero attached hydrogens (tertiary/aromatic N) is 3. The van der Waals surface area contributed by atoms with Crippen LogP contribution in [-0.4, -0.2) is 18.2 Å². The van der Waals surface area contributed by atoms with Gasteiger partial charge >= 0.3 is 0 Å². The summed E-state index contributed by atoms with van der Waals surface area (Å²) in [6.07, 6.45) is 3.32. The minimum Gasteiger partial charge on any atom is -0.275 e. The van der Waals surface area contributed by atoms with Gasteiger partial charge < -0.3 is 0 Å². The maximum atomic E-state index is 12.0. The molecular weight excluding hydrogens is 264 g/mol. The normalized spacial score (nSPS) is 11.2. The first kappa shape index (κ1) is 13.3. The van der Waals surface area contributed by atoms with Crippen molar-refractivity contribution >= 4 is 10.0 Å². The van der Waals surface area contributed by atoms with Crippen LogP contribution in [0.4, 0.5) is 0 Å². The molecule has 2 aromatic rings. The number of rotatable bonds is 4. The minimum atomic E-state index is -3.62. The van der Waals surface area contributed by atoms with Crippen LogP contribution in [0.3, 0.4) is 0 Å². The van der Waals surface area contributed by atoms with E-state index in [0.29, 0.717) is 5.56 Å². The standard InChI is InChI=1S/C12H12N4O2S/c1-16-9-11(7-14-16)8-15-19(17,18)12-4-2-3-10(5-12)6-13/h2-5,7,9,15H,8H2,1H3. The molecule has 0 spiro atoms. The second kappa shape index (κ2) is 5.22. The molecule has 1 heterocycles. The summed E-state index contributed by atoms with van der Waals surface area (Å²) in [5.74, 6) is 0. The first-order chi connectivity index (χ1) is 9.01. The third kappa shape index (κ3) is 3.19. The molecule has 0 atom stereocenters. The van der Waals surface area contributed by atoms with Crippen LogP contribution in [0.15, 0.2) is 41.6 Å². The van der Waals surface area contributed by atoms with Gasteiger partial charge in [-0.05, 0) is 18.2 Å². The molecule has 0 aliphatic rings. The van der Waals surface area contributed by atoms with Gasteiger partial charge in [-0.15, -0.1) is 0 Å². The Morgan fingerprint density at radius 3 is 2.89 bits per heavy atom. The summed E-state index contributed by atoms with van der Waals surface area (Å²) in [6, 6.07) is 7.80.